The number of benzene rings is 1. The molecule has 1 aromatic rings. The number of nitrogens with zero attached hydrogens (tertiary/aromatic N) is 2. The zero-order valence-corrected chi connectivity index (χ0v) is 11.7. The van der Waals surface area contributed by atoms with Gasteiger partial charge in [0.25, 0.3) is 0 Å². The summed E-state index contributed by atoms with van der Waals surface area (Å²) in [5.74, 6) is 0. The second-order valence-electron chi connectivity index (χ2n) is 3.99. The van der Waals surface area contributed by atoms with Crippen molar-refractivity contribution in [1.29, 1.82) is 10.5 Å². The van der Waals surface area contributed by atoms with E-state index in [2.05, 4.69) is 12.1 Å². The first-order chi connectivity index (χ1) is 9.78. The number of nitriles is 2. The largest absolute Gasteiger partial charge is 0.192 e. The third kappa shape index (κ3) is 3.83. The lowest BCUT2D eigenvalue weighted by atomic mass is 9.95. The van der Waals surface area contributed by atoms with Gasteiger partial charge in [0.1, 0.15) is 12.1 Å². The summed E-state index contributed by atoms with van der Waals surface area (Å²) >= 11 is 0. The van der Waals surface area contributed by atoms with Crippen molar-refractivity contribution in [2.45, 2.75) is 13.8 Å². The molecule has 0 amide bonds. The van der Waals surface area contributed by atoms with E-state index in [1.165, 1.54) is 0 Å². The van der Waals surface area contributed by atoms with Gasteiger partial charge in [-0.05, 0) is 25.0 Å². The van der Waals surface area contributed by atoms with Crippen molar-refractivity contribution in [3.8, 4) is 12.1 Å². The lowest BCUT2D eigenvalue weighted by molar-refractivity contribution is 1.44. The quantitative estimate of drug-likeness (QED) is 0.588. The van der Waals surface area contributed by atoms with E-state index >= 15 is 0 Å². The third-order valence-electron chi connectivity index (χ3n) is 2.64. The fraction of sp³-hybridized carbons (Fsp3) is 0.111. The van der Waals surface area contributed by atoms with Crippen LogP contribution in [-0.2, 0) is 0 Å². The van der Waals surface area contributed by atoms with Crippen LogP contribution in [-0.4, -0.2) is 0 Å². The minimum absolute atomic E-state index is 0.384. The first-order valence-corrected chi connectivity index (χ1v) is 6.34. The van der Waals surface area contributed by atoms with E-state index < -0.39 is 0 Å². The average molecular weight is 260 g/mol. The molecule has 0 heterocycles. The molecule has 2 heteroatoms. The Morgan fingerprint density at radius 1 is 1.00 bits per heavy atom. The topological polar surface area (TPSA) is 47.6 Å². The summed E-state index contributed by atoms with van der Waals surface area (Å²) in [4.78, 5) is 0. The number of allylic oxidation sites excluding steroid dienone is 8. The maximum atomic E-state index is 9.43. The molecule has 0 unspecified atom stereocenters. The van der Waals surface area contributed by atoms with Gasteiger partial charge in [-0.15, -0.1) is 0 Å². The summed E-state index contributed by atoms with van der Waals surface area (Å²) in [6.07, 6.45) is 9.25. The van der Waals surface area contributed by atoms with Crippen molar-refractivity contribution in [2.75, 3.05) is 0 Å². The van der Waals surface area contributed by atoms with Crippen LogP contribution >= 0.6 is 0 Å². The van der Waals surface area contributed by atoms with Crippen molar-refractivity contribution in [1.82, 2.24) is 0 Å². The molecule has 0 aliphatic rings. The van der Waals surface area contributed by atoms with Gasteiger partial charge < -0.3 is 0 Å². The minimum atomic E-state index is 0.384. The Balaban J connectivity index is 3.51. The molecule has 0 N–H and O–H groups in total. The van der Waals surface area contributed by atoms with Gasteiger partial charge in [0, 0.05) is 0 Å². The molecule has 0 fully saturated rings. The second-order valence-corrected chi connectivity index (χ2v) is 3.99. The lowest BCUT2D eigenvalue weighted by Crippen LogP contribution is -1.91. The summed E-state index contributed by atoms with van der Waals surface area (Å²) in [5, 5.41) is 18.8. The predicted octanol–water partition coefficient (Wildman–Crippen LogP) is 4.57. The molecule has 0 radical (unpaired) electrons. The van der Waals surface area contributed by atoms with Crippen LogP contribution in [0.25, 0.3) is 5.57 Å². The summed E-state index contributed by atoms with van der Waals surface area (Å²) in [7, 11) is 0. The van der Waals surface area contributed by atoms with Crippen molar-refractivity contribution in [3.63, 3.8) is 0 Å². The van der Waals surface area contributed by atoms with Gasteiger partial charge in [0.15, 0.2) is 0 Å². The van der Waals surface area contributed by atoms with Crippen LogP contribution in [0.15, 0.2) is 71.9 Å². The first kappa shape index (κ1) is 15.2. The Labute approximate surface area is 120 Å². The summed E-state index contributed by atoms with van der Waals surface area (Å²) in [5.41, 5.74) is 2.26. The molecule has 0 bridgehead atoms. The van der Waals surface area contributed by atoms with Gasteiger partial charge in [0.05, 0.1) is 11.1 Å². The fourth-order valence-electron chi connectivity index (χ4n) is 1.74. The van der Waals surface area contributed by atoms with Crippen molar-refractivity contribution >= 4 is 5.57 Å². The van der Waals surface area contributed by atoms with Crippen molar-refractivity contribution in [3.05, 3.63) is 77.4 Å². The molecule has 0 aliphatic heterocycles. The van der Waals surface area contributed by atoms with Gasteiger partial charge >= 0.3 is 0 Å². The zero-order chi connectivity index (χ0) is 14.8. The Kier molecular flexibility index (Phi) is 6.31. The van der Waals surface area contributed by atoms with Gasteiger partial charge in [-0.3, -0.25) is 0 Å². The van der Waals surface area contributed by atoms with Crippen molar-refractivity contribution < 1.29 is 0 Å². The van der Waals surface area contributed by atoms with E-state index in [1.807, 2.05) is 74.6 Å². The third-order valence-corrected chi connectivity index (χ3v) is 2.64. The van der Waals surface area contributed by atoms with Crippen LogP contribution in [0.5, 0.6) is 0 Å². The molecule has 98 valence electrons. The highest BCUT2D eigenvalue weighted by Crippen LogP contribution is 2.24. The Bertz CT molecular complexity index is 645. The minimum Gasteiger partial charge on any atom is -0.192 e. The molecule has 0 saturated carbocycles. The van der Waals surface area contributed by atoms with Crippen LogP contribution in [0.3, 0.4) is 0 Å². The van der Waals surface area contributed by atoms with Gasteiger partial charge in [-0.1, -0.05) is 60.7 Å². The summed E-state index contributed by atoms with van der Waals surface area (Å²) < 4.78 is 0. The van der Waals surface area contributed by atoms with Crippen LogP contribution in [0.2, 0.25) is 0 Å². The molecule has 0 aromatic heterocycles. The monoisotopic (exact) mass is 260 g/mol. The molecule has 0 spiro atoms. The highest BCUT2D eigenvalue weighted by molar-refractivity contribution is 5.85. The lowest BCUT2D eigenvalue weighted by Gasteiger charge is -2.04. The van der Waals surface area contributed by atoms with E-state index in [0.717, 1.165) is 11.1 Å². The standard InChI is InChI=1S/C18H16N2/c1-3-5-10-15(9-4-2)17(13-19)18(14-20)16-11-7-6-8-12-16/h3-12H,1-2H3/b5-3-,9-4-,15-10+,18-17+. The summed E-state index contributed by atoms with van der Waals surface area (Å²) in [6.45, 7) is 3.79. The molecule has 0 aliphatic carbocycles. The molecule has 1 aromatic carbocycles. The van der Waals surface area contributed by atoms with Gasteiger partial charge in [-0.25, -0.2) is 0 Å². The Morgan fingerprint density at radius 3 is 2.20 bits per heavy atom. The summed E-state index contributed by atoms with van der Waals surface area (Å²) in [6, 6.07) is 13.5. The van der Waals surface area contributed by atoms with Crippen LogP contribution in [0, 0.1) is 22.7 Å². The highest BCUT2D eigenvalue weighted by atomic mass is 14.3. The normalized spacial score (nSPS) is 13.1. The first-order valence-electron chi connectivity index (χ1n) is 6.34. The van der Waals surface area contributed by atoms with E-state index in [4.69, 9.17) is 0 Å². The Morgan fingerprint density at radius 2 is 1.70 bits per heavy atom. The van der Waals surface area contributed by atoms with E-state index in [1.54, 1.807) is 0 Å². The molecule has 20 heavy (non-hydrogen) atoms. The maximum absolute atomic E-state index is 9.43. The molecule has 1 rings (SSSR count). The van der Waals surface area contributed by atoms with E-state index in [9.17, 15) is 10.5 Å². The predicted molar refractivity (Wildman–Crippen MR) is 82.3 cm³/mol. The van der Waals surface area contributed by atoms with E-state index in [-0.39, 0.29) is 0 Å². The molecule has 2 nitrogen and oxygen atoms in total. The SMILES string of the molecule is C\C=C/C=C(\C=C/C)C(/C#N)=C(\C#N)c1ccccc1. The van der Waals surface area contributed by atoms with E-state index in [0.29, 0.717) is 11.1 Å². The van der Waals surface area contributed by atoms with Gasteiger partial charge in [-0.2, -0.15) is 10.5 Å². The smallest absolute Gasteiger partial charge is 0.101 e. The molecular weight excluding hydrogens is 244 g/mol. The average Bonchev–Trinajstić information content (AvgIpc) is 2.50. The van der Waals surface area contributed by atoms with Crippen LogP contribution in [0.4, 0.5) is 0 Å². The van der Waals surface area contributed by atoms with Crippen LogP contribution < -0.4 is 0 Å². The molecule has 0 atom stereocenters. The Hall–Kier alpha value is -2.84. The fourth-order valence-corrected chi connectivity index (χ4v) is 1.74. The van der Waals surface area contributed by atoms with Crippen molar-refractivity contribution in [2.24, 2.45) is 0 Å². The second kappa shape index (κ2) is 8.29. The number of hydrogen-bond donors (Lipinski definition) is 0. The molecule has 0 saturated heterocycles. The number of hydrogen-bond acceptors (Lipinski definition) is 2. The van der Waals surface area contributed by atoms with Gasteiger partial charge in [0.2, 0.25) is 0 Å². The maximum Gasteiger partial charge on any atom is 0.101 e. The van der Waals surface area contributed by atoms with Crippen LogP contribution in [0.1, 0.15) is 19.4 Å². The highest BCUT2D eigenvalue weighted by Gasteiger charge is 2.11. The number of rotatable bonds is 4. The zero-order valence-electron chi connectivity index (χ0n) is 11.7. The molecular formula is C18H16N2.